The van der Waals surface area contributed by atoms with E-state index < -0.39 is 16.0 Å². The maximum Gasteiger partial charge on any atom is 0.338 e. The van der Waals surface area contributed by atoms with Crippen LogP contribution >= 0.6 is 0 Å². The van der Waals surface area contributed by atoms with Crippen molar-refractivity contribution in [1.29, 1.82) is 0 Å². The number of rotatable bonds is 4. The van der Waals surface area contributed by atoms with Gasteiger partial charge in [0.25, 0.3) is 0 Å². The lowest BCUT2D eigenvalue weighted by atomic mass is 9.94. The Kier molecular flexibility index (Phi) is 6.23. The summed E-state index contributed by atoms with van der Waals surface area (Å²) >= 11 is 0. The number of likely N-dealkylation sites (N-methyl/N-ethyl adjacent to an activating group) is 1. The first-order chi connectivity index (χ1) is 12.8. The van der Waals surface area contributed by atoms with Crippen LogP contribution in [-0.4, -0.2) is 62.9 Å². The molecule has 2 heterocycles. The second kappa shape index (κ2) is 8.29. The van der Waals surface area contributed by atoms with Crippen LogP contribution in [0.4, 0.5) is 0 Å². The molecule has 2 saturated heterocycles. The second-order valence-electron chi connectivity index (χ2n) is 8.23. The van der Waals surface area contributed by atoms with Crippen LogP contribution in [-0.2, 0) is 14.8 Å². The van der Waals surface area contributed by atoms with E-state index in [4.69, 9.17) is 4.74 Å². The van der Waals surface area contributed by atoms with Gasteiger partial charge in [-0.15, -0.1) is 0 Å². The zero-order chi connectivity index (χ0) is 19.6. The SMILES string of the molecule is C[C@@H]1C[C@H](C)CN(S(=O)(=O)c2cccc(C(=O)O[C@@H]3CCCN(C)C3)c2)C1. The minimum absolute atomic E-state index is 0.139. The van der Waals surface area contributed by atoms with Crippen LogP contribution in [0.25, 0.3) is 0 Å². The Morgan fingerprint density at radius 1 is 1.15 bits per heavy atom. The molecule has 1 aromatic rings. The number of likely N-dealkylation sites (tertiary alicyclic amines) is 1. The van der Waals surface area contributed by atoms with Crippen LogP contribution in [0.2, 0.25) is 0 Å². The Morgan fingerprint density at radius 2 is 1.85 bits per heavy atom. The van der Waals surface area contributed by atoms with Gasteiger partial charge < -0.3 is 9.64 Å². The number of benzene rings is 1. The predicted molar refractivity (Wildman–Crippen MR) is 104 cm³/mol. The molecule has 0 radical (unpaired) electrons. The topological polar surface area (TPSA) is 66.9 Å². The lowest BCUT2D eigenvalue weighted by Gasteiger charge is -2.34. The average Bonchev–Trinajstić information content (AvgIpc) is 2.61. The molecule has 0 spiro atoms. The largest absolute Gasteiger partial charge is 0.457 e. The quantitative estimate of drug-likeness (QED) is 0.735. The van der Waals surface area contributed by atoms with Gasteiger partial charge in [0.1, 0.15) is 6.10 Å². The Labute approximate surface area is 162 Å². The summed E-state index contributed by atoms with van der Waals surface area (Å²) in [5.41, 5.74) is 0.294. The molecule has 7 heteroatoms. The van der Waals surface area contributed by atoms with Crippen LogP contribution in [0.3, 0.4) is 0 Å². The van der Waals surface area contributed by atoms with Crippen molar-refractivity contribution in [2.75, 3.05) is 33.2 Å². The second-order valence-corrected chi connectivity index (χ2v) is 10.2. The Balaban J connectivity index is 1.75. The first kappa shape index (κ1) is 20.3. The van der Waals surface area contributed by atoms with E-state index >= 15 is 0 Å². The van der Waals surface area contributed by atoms with Gasteiger partial charge in [0.15, 0.2) is 0 Å². The first-order valence-corrected chi connectivity index (χ1v) is 11.2. The summed E-state index contributed by atoms with van der Waals surface area (Å²) in [6, 6.07) is 6.25. The Bertz CT molecular complexity index is 770. The average molecular weight is 395 g/mol. The third kappa shape index (κ3) is 4.89. The molecule has 1 aromatic carbocycles. The highest BCUT2D eigenvalue weighted by atomic mass is 32.2. The van der Waals surface area contributed by atoms with Gasteiger partial charge in [0, 0.05) is 19.6 Å². The molecule has 2 aliphatic rings. The summed E-state index contributed by atoms with van der Waals surface area (Å²) in [5, 5.41) is 0. The van der Waals surface area contributed by atoms with Crippen LogP contribution in [0, 0.1) is 11.8 Å². The molecule has 27 heavy (non-hydrogen) atoms. The lowest BCUT2D eigenvalue weighted by molar-refractivity contribution is 0.0108. The van der Waals surface area contributed by atoms with Gasteiger partial charge in [-0.05, 0) is 62.9 Å². The third-order valence-electron chi connectivity index (χ3n) is 5.40. The van der Waals surface area contributed by atoms with Crippen LogP contribution in [0.1, 0.15) is 43.5 Å². The molecule has 0 saturated carbocycles. The number of carbonyl (C=O) groups is 1. The van der Waals surface area contributed by atoms with E-state index in [0.717, 1.165) is 25.8 Å². The van der Waals surface area contributed by atoms with Gasteiger partial charge in [0.05, 0.1) is 10.5 Å². The highest BCUT2D eigenvalue weighted by Gasteiger charge is 2.32. The molecule has 150 valence electrons. The molecule has 0 aromatic heterocycles. The summed E-state index contributed by atoms with van der Waals surface area (Å²) < 4.78 is 33.3. The predicted octanol–water partition coefficient (Wildman–Crippen LogP) is 2.60. The first-order valence-electron chi connectivity index (χ1n) is 9.75. The molecule has 3 rings (SSSR count). The number of esters is 1. The van der Waals surface area contributed by atoms with Gasteiger partial charge in [-0.3, -0.25) is 0 Å². The number of piperidine rings is 2. The van der Waals surface area contributed by atoms with Crippen molar-refractivity contribution < 1.29 is 17.9 Å². The minimum Gasteiger partial charge on any atom is -0.457 e. The van der Waals surface area contributed by atoms with Crippen LogP contribution in [0.15, 0.2) is 29.2 Å². The van der Waals surface area contributed by atoms with Gasteiger partial charge in [0.2, 0.25) is 10.0 Å². The van der Waals surface area contributed by atoms with Crippen molar-refractivity contribution >= 4 is 16.0 Å². The smallest absolute Gasteiger partial charge is 0.338 e. The third-order valence-corrected chi connectivity index (χ3v) is 7.23. The van der Waals surface area contributed by atoms with Gasteiger partial charge in [-0.2, -0.15) is 4.31 Å². The van der Waals surface area contributed by atoms with E-state index in [1.165, 1.54) is 6.07 Å². The van der Waals surface area contributed by atoms with Gasteiger partial charge in [-0.1, -0.05) is 19.9 Å². The van der Waals surface area contributed by atoms with E-state index in [-0.39, 0.29) is 11.0 Å². The standard InChI is InChI=1S/C20H30N2O4S/c1-15-10-16(2)13-22(12-15)27(24,25)19-8-4-6-17(11-19)20(23)26-18-7-5-9-21(3)14-18/h4,6,8,11,15-16,18H,5,7,9-10,12-14H2,1-3H3/t15-,16+,18-/m1/s1. The fourth-order valence-corrected chi connectivity index (χ4v) is 5.90. The van der Waals surface area contributed by atoms with E-state index in [2.05, 4.69) is 18.7 Å². The number of sulfonamides is 1. The summed E-state index contributed by atoms with van der Waals surface area (Å²) in [6.07, 6.45) is 2.74. The molecule has 3 atom stereocenters. The molecule has 2 aliphatic heterocycles. The Hall–Kier alpha value is -1.44. The van der Waals surface area contributed by atoms with E-state index in [1.807, 2.05) is 7.05 Å². The van der Waals surface area contributed by atoms with E-state index in [9.17, 15) is 13.2 Å². The van der Waals surface area contributed by atoms with E-state index in [1.54, 1.807) is 22.5 Å². The van der Waals surface area contributed by atoms with Crippen molar-refractivity contribution in [3.63, 3.8) is 0 Å². The highest BCUT2D eigenvalue weighted by Crippen LogP contribution is 2.27. The zero-order valence-electron chi connectivity index (χ0n) is 16.4. The number of hydrogen-bond acceptors (Lipinski definition) is 5. The van der Waals surface area contributed by atoms with Crippen LogP contribution in [0.5, 0.6) is 0 Å². The molecule has 6 nitrogen and oxygen atoms in total. The molecule has 2 fully saturated rings. The van der Waals surface area contributed by atoms with Gasteiger partial charge >= 0.3 is 5.97 Å². The van der Waals surface area contributed by atoms with Crippen molar-refractivity contribution in [2.24, 2.45) is 11.8 Å². The molecular formula is C20H30N2O4S. The van der Waals surface area contributed by atoms with Crippen molar-refractivity contribution in [2.45, 2.75) is 44.1 Å². The fourth-order valence-electron chi connectivity index (χ4n) is 4.17. The maximum atomic E-state index is 13.1. The minimum atomic E-state index is -3.61. The molecule has 0 unspecified atom stereocenters. The fraction of sp³-hybridized carbons (Fsp3) is 0.650. The number of hydrogen-bond donors (Lipinski definition) is 0. The molecule has 0 amide bonds. The molecule has 0 N–H and O–H groups in total. The monoisotopic (exact) mass is 394 g/mol. The summed E-state index contributed by atoms with van der Waals surface area (Å²) in [4.78, 5) is 14.8. The van der Waals surface area contributed by atoms with E-state index in [0.29, 0.717) is 37.0 Å². The summed E-state index contributed by atoms with van der Waals surface area (Å²) in [5.74, 6) is 0.215. The zero-order valence-corrected chi connectivity index (χ0v) is 17.2. The summed E-state index contributed by atoms with van der Waals surface area (Å²) in [6.45, 7) is 6.92. The van der Waals surface area contributed by atoms with Gasteiger partial charge in [-0.25, -0.2) is 13.2 Å². The van der Waals surface area contributed by atoms with Crippen molar-refractivity contribution in [1.82, 2.24) is 9.21 Å². The normalized spacial score (nSPS) is 28.0. The van der Waals surface area contributed by atoms with Crippen molar-refractivity contribution in [3.05, 3.63) is 29.8 Å². The molecule has 0 bridgehead atoms. The number of nitrogens with zero attached hydrogens (tertiary/aromatic N) is 2. The molecule has 0 aliphatic carbocycles. The number of carbonyl (C=O) groups excluding carboxylic acids is 1. The summed E-state index contributed by atoms with van der Waals surface area (Å²) in [7, 11) is -1.60. The Morgan fingerprint density at radius 3 is 2.52 bits per heavy atom. The lowest BCUT2D eigenvalue weighted by Crippen LogP contribution is -2.42. The van der Waals surface area contributed by atoms with Crippen LogP contribution < -0.4 is 0 Å². The number of ether oxygens (including phenoxy) is 1. The molecular weight excluding hydrogens is 364 g/mol. The van der Waals surface area contributed by atoms with Crippen molar-refractivity contribution in [3.8, 4) is 0 Å². The maximum absolute atomic E-state index is 13.1. The highest BCUT2D eigenvalue weighted by molar-refractivity contribution is 7.89.